The molecule has 0 aliphatic carbocycles. The van der Waals surface area contributed by atoms with E-state index in [1.54, 1.807) is 17.5 Å². The second kappa shape index (κ2) is 5.73. The highest BCUT2D eigenvalue weighted by atomic mass is 79.9. The third kappa shape index (κ3) is 2.84. The number of halogens is 3. The van der Waals surface area contributed by atoms with Crippen LogP contribution in [-0.4, -0.2) is 15.3 Å². The molecule has 1 aromatic carbocycles. The molecule has 118 valence electrons. The number of rotatable bonds is 2. The van der Waals surface area contributed by atoms with Crippen molar-refractivity contribution in [1.82, 2.24) is 9.38 Å². The molecule has 23 heavy (non-hydrogen) atoms. The van der Waals surface area contributed by atoms with E-state index in [0.29, 0.717) is 17.0 Å². The summed E-state index contributed by atoms with van der Waals surface area (Å²) in [6, 6.07) is 4.88. The van der Waals surface area contributed by atoms with Crippen LogP contribution in [0.5, 0.6) is 0 Å². The van der Waals surface area contributed by atoms with E-state index in [0.717, 1.165) is 22.2 Å². The molecule has 4 nitrogen and oxygen atoms in total. The number of carbonyl (C=O) groups excluding carboxylic acids is 1. The second-order valence-electron chi connectivity index (χ2n) is 5.18. The molecule has 0 atom stereocenters. The number of hydrogen-bond donors (Lipinski definition) is 1. The number of nitrogens with one attached hydrogen (secondary N) is 1. The molecule has 3 aromatic rings. The Balaban J connectivity index is 2.06. The van der Waals surface area contributed by atoms with Crippen molar-refractivity contribution < 1.29 is 13.6 Å². The van der Waals surface area contributed by atoms with E-state index in [9.17, 15) is 13.6 Å². The van der Waals surface area contributed by atoms with Crippen molar-refractivity contribution in [2.75, 3.05) is 5.32 Å². The Morgan fingerprint density at radius 2 is 2.00 bits per heavy atom. The molecule has 0 saturated heterocycles. The highest BCUT2D eigenvalue weighted by Crippen LogP contribution is 2.23. The lowest BCUT2D eigenvalue weighted by Gasteiger charge is -2.08. The predicted molar refractivity (Wildman–Crippen MR) is 86.7 cm³/mol. The van der Waals surface area contributed by atoms with Crippen LogP contribution in [0, 0.1) is 25.5 Å². The Bertz CT molecular complexity index is 937. The highest BCUT2D eigenvalue weighted by Gasteiger charge is 2.19. The van der Waals surface area contributed by atoms with Crippen molar-refractivity contribution in [3.63, 3.8) is 0 Å². The fraction of sp³-hybridized carbons (Fsp3) is 0.125. The van der Waals surface area contributed by atoms with Crippen molar-refractivity contribution in [3.05, 3.63) is 63.5 Å². The molecule has 0 bridgehead atoms. The van der Waals surface area contributed by atoms with E-state index >= 15 is 0 Å². The van der Waals surface area contributed by atoms with Gasteiger partial charge < -0.3 is 5.32 Å². The molecule has 0 fully saturated rings. The summed E-state index contributed by atoms with van der Waals surface area (Å²) in [5, 5.41) is 2.45. The van der Waals surface area contributed by atoms with Gasteiger partial charge in [0.25, 0.3) is 5.91 Å². The molecule has 0 aliphatic rings. The monoisotopic (exact) mass is 379 g/mol. The summed E-state index contributed by atoms with van der Waals surface area (Å²) in [4.78, 5) is 16.9. The third-order valence-corrected chi connectivity index (χ3v) is 3.96. The molecule has 2 aromatic heterocycles. The number of pyridine rings is 1. The molecule has 0 aliphatic heterocycles. The van der Waals surface area contributed by atoms with Gasteiger partial charge in [-0.15, -0.1) is 0 Å². The maximum Gasteiger partial charge on any atom is 0.274 e. The van der Waals surface area contributed by atoms with E-state index in [1.807, 2.05) is 13.0 Å². The van der Waals surface area contributed by atoms with Crippen molar-refractivity contribution in [2.24, 2.45) is 0 Å². The molecular formula is C16H12BrF2N3O. The van der Waals surface area contributed by atoms with Crippen LogP contribution < -0.4 is 5.32 Å². The van der Waals surface area contributed by atoms with Crippen LogP contribution in [-0.2, 0) is 0 Å². The Hall–Kier alpha value is -2.28. The fourth-order valence-corrected chi connectivity index (χ4v) is 3.03. The molecule has 7 heteroatoms. The van der Waals surface area contributed by atoms with Crippen LogP contribution in [0.2, 0.25) is 0 Å². The number of benzene rings is 1. The molecule has 3 rings (SSSR count). The number of aryl methyl sites for hydroxylation is 2. The van der Waals surface area contributed by atoms with Crippen LogP contribution >= 0.6 is 15.9 Å². The van der Waals surface area contributed by atoms with Gasteiger partial charge in [0.2, 0.25) is 0 Å². The van der Waals surface area contributed by atoms with Gasteiger partial charge in [-0.05, 0) is 53.5 Å². The van der Waals surface area contributed by atoms with Gasteiger partial charge in [0.05, 0.1) is 15.9 Å². The predicted octanol–water partition coefficient (Wildman–Crippen LogP) is 4.24. The molecule has 1 N–H and O–H groups in total. The van der Waals surface area contributed by atoms with Crippen LogP contribution in [0.4, 0.5) is 14.5 Å². The molecule has 0 saturated carbocycles. The maximum atomic E-state index is 13.7. The summed E-state index contributed by atoms with van der Waals surface area (Å²) in [5.41, 5.74) is 2.25. The summed E-state index contributed by atoms with van der Waals surface area (Å²) in [7, 11) is 0. The lowest BCUT2D eigenvalue weighted by molar-refractivity contribution is 0.102. The van der Waals surface area contributed by atoms with Gasteiger partial charge in [-0.25, -0.2) is 13.8 Å². The van der Waals surface area contributed by atoms with E-state index in [2.05, 4.69) is 26.2 Å². The topological polar surface area (TPSA) is 46.4 Å². The number of amides is 1. The standard InChI is InChI=1S/C16H12BrF2N3O/c1-8-5-11(17)15-20-9(2)14(22(15)7-8)16(23)21-13-4-3-10(18)6-12(13)19/h3-7H,1-2H3,(H,21,23). The van der Waals surface area contributed by atoms with E-state index in [1.165, 1.54) is 6.07 Å². The van der Waals surface area contributed by atoms with Gasteiger partial charge in [0.15, 0.2) is 5.65 Å². The number of anilines is 1. The minimum atomic E-state index is -0.831. The van der Waals surface area contributed by atoms with Crippen LogP contribution in [0.3, 0.4) is 0 Å². The minimum absolute atomic E-state index is 0.0857. The molecule has 0 spiro atoms. The zero-order chi connectivity index (χ0) is 16.7. The van der Waals surface area contributed by atoms with Gasteiger partial charge in [-0.3, -0.25) is 9.20 Å². The minimum Gasteiger partial charge on any atom is -0.318 e. The van der Waals surface area contributed by atoms with Crippen LogP contribution in [0.1, 0.15) is 21.7 Å². The largest absolute Gasteiger partial charge is 0.318 e. The van der Waals surface area contributed by atoms with Gasteiger partial charge >= 0.3 is 0 Å². The van der Waals surface area contributed by atoms with E-state index in [4.69, 9.17) is 0 Å². The quantitative estimate of drug-likeness (QED) is 0.723. The number of imidazole rings is 1. The van der Waals surface area contributed by atoms with Crippen molar-refractivity contribution in [2.45, 2.75) is 13.8 Å². The first kappa shape index (κ1) is 15.6. The Labute approximate surface area is 139 Å². The first-order valence-corrected chi connectivity index (χ1v) is 7.57. The van der Waals surface area contributed by atoms with Gasteiger partial charge in [0.1, 0.15) is 17.3 Å². The van der Waals surface area contributed by atoms with Crippen molar-refractivity contribution in [1.29, 1.82) is 0 Å². The number of aromatic nitrogens is 2. The Morgan fingerprint density at radius 1 is 1.26 bits per heavy atom. The summed E-state index contributed by atoms with van der Waals surface area (Å²) < 4.78 is 29.1. The third-order valence-electron chi connectivity index (χ3n) is 3.38. The van der Waals surface area contributed by atoms with Gasteiger partial charge in [0, 0.05) is 12.3 Å². The van der Waals surface area contributed by atoms with Crippen molar-refractivity contribution in [3.8, 4) is 0 Å². The Morgan fingerprint density at radius 3 is 2.70 bits per heavy atom. The zero-order valence-corrected chi connectivity index (χ0v) is 13.9. The van der Waals surface area contributed by atoms with Gasteiger partial charge in [-0.1, -0.05) is 0 Å². The average Bonchev–Trinajstić information content (AvgIpc) is 2.78. The van der Waals surface area contributed by atoms with Gasteiger partial charge in [-0.2, -0.15) is 0 Å². The number of fused-ring (bicyclic) bond motifs is 1. The van der Waals surface area contributed by atoms with Crippen LogP contribution in [0.25, 0.3) is 5.65 Å². The Kier molecular flexibility index (Phi) is 3.89. The maximum absolute atomic E-state index is 13.7. The fourth-order valence-electron chi connectivity index (χ4n) is 2.39. The molecule has 0 radical (unpaired) electrons. The normalized spacial score (nSPS) is 11.0. The van der Waals surface area contributed by atoms with E-state index < -0.39 is 17.5 Å². The molecule has 1 amide bonds. The van der Waals surface area contributed by atoms with Crippen LogP contribution in [0.15, 0.2) is 34.9 Å². The summed E-state index contributed by atoms with van der Waals surface area (Å²) in [6.07, 6.45) is 1.77. The first-order valence-electron chi connectivity index (χ1n) is 6.78. The number of hydrogen-bond acceptors (Lipinski definition) is 2. The highest BCUT2D eigenvalue weighted by molar-refractivity contribution is 9.10. The summed E-state index contributed by atoms with van der Waals surface area (Å²) in [6.45, 7) is 3.59. The smallest absolute Gasteiger partial charge is 0.274 e. The molecule has 0 unspecified atom stereocenters. The lowest BCUT2D eigenvalue weighted by atomic mass is 10.2. The summed E-state index contributed by atoms with van der Waals surface area (Å²) in [5.74, 6) is -2.05. The first-order chi connectivity index (χ1) is 10.9. The number of nitrogens with zero attached hydrogens (tertiary/aromatic N) is 2. The lowest BCUT2D eigenvalue weighted by Crippen LogP contribution is -2.16. The average molecular weight is 380 g/mol. The molecular weight excluding hydrogens is 368 g/mol. The second-order valence-corrected chi connectivity index (χ2v) is 6.04. The van der Waals surface area contributed by atoms with E-state index in [-0.39, 0.29) is 5.69 Å². The zero-order valence-electron chi connectivity index (χ0n) is 12.3. The van der Waals surface area contributed by atoms with Crippen molar-refractivity contribution >= 4 is 33.2 Å². The molecule has 2 heterocycles. The summed E-state index contributed by atoms with van der Waals surface area (Å²) >= 11 is 3.41. The SMILES string of the molecule is Cc1cc(Br)c2nc(C)c(C(=O)Nc3ccc(F)cc3F)n2c1. The number of carbonyl (C=O) groups is 1.